The van der Waals surface area contributed by atoms with Gasteiger partial charge in [-0.1, -0.05) is 0 Å². The summed E-state index contributed by atoms with van der Waals surface area (Å²) in [4.78, 5) is 2.05. The van der Waals surface area contributed by atoms with E-state index in [-0.39, 0.29) is 6.04 Å². The maximum Gasteiger partial charge on any atom is 0.231 e. The van der Waals surface area contributed by atoms with Crippen LogP contribution in [0.25, 0.3) is 0 Å². The average molecular weight is 246 g/mol. The van der Waals surface area contributed by atoms with E-state index >= 15 is 0 Å². The fourth-order valence-corrected chi connectivity index (χ4v) is 1.94. The van der Waals surface area contributed by atoms with Gasteiger partial charge in [-0.05, 0) is 50.6 Å². The number of hydrogen-bond donors (Lipinski definition) is 0. The van der Waals surface area contributed by atoms with Crippen LogP contribution in [-0.2, 0) is 6.42 Å². The summed E-state index contributed by atoms with van der Waals surface area (Å²) in [5, 5.41) is 8.86. The van der Waals surface area contributed by atoms with Gasteiger partial charge in [0.25, 0.3) is 0 Å². The van der Waals surface area contributed by atoms with Crippen molar-refractivity contribution in [1.29, 1.82) is 5.26 Å². The predicted octanol–water partition coefficient (Wildman–Crippen LogP) is 2.11. The molecule has 4 nitrogen and oxygen atoms in total. The molecule has 0 radical (unpaired) electrons. The summed E-state index contributed by atoms with van der Waals surface area (Å²) < 4.78 is 10.7. The largest absolute Gasteiger partial charge is 0.454 e. The van der Waals surface area contributed by atoms with Gasteiger partial charge < -0.3 is 9.47 Å². The van der Waals surface area contributed by atoms with Crippen molar-refractivity contribution in [3.8, 4) is 17.6 Å². The molecule has 1 unspecified atom stereocenters. The second kappa shape index (κ2) is 5.28. The first-order valence-electron chi connectivity index (χ1n) is 6.11. The lowest BCUT2D eigenvalue weighted by Crippen LogP contribution is -2.29. The number of likely N-dealkylation sites (N-methyl/N-ethyl adjacent to an activating group) is 1. The summed E-state index contributed by atoms with van der Waals surface area (Å²) in [6.45, 7) is 5.15. The Balaban J connectivity index is 2.04. The van der Waals surface area contributed by atoms with E-state index in [1.54, 1.807) is 0 Å². The Bertz CT molecular complexity index is 479. The third-order valence-electron chi connectivity index (χ3n) is 3.41. The summed E-state index contributed by atoms with van der Waals surface area (Å²) in [5.74, 6) is 1.65. The molecule has 0 N–H and O–H groups in total. The molecule has 1 aliphatic heterocycles. The molecule has 18 heavy (non-hydrogen) atoms. The van der Waals surface area contributed by atoms with E-state index in [0.29, 0.717) is 6.79 Å². The van der Waals surface area contributed by atoms with Gasteiger partial charge in [0.1, 0.15) is 0 Å². The van der Waals surface area contributed by atoms with Gasteiger partial charge in [-0.25, -0.2) is 0 Å². The van der Waals surface area contributed by atoms with Crippen LogP contribution in [0, 0.1) is 18.3 Å². The number of rotatable bonds is 4. The van der Waals surface area contributed by atoms with Gasteiger partial charge in [-0.15, -0.1) is 0 Å². The lowest BCUT2D eigenvalue weighted by atomic mass is 10.0. The molecule has 0 amide bonds. The van der Waals surface area contributed by atoms with E-state index in [0.717, 1.165) is 24.5 Å². The van der Waals surface area contributed by atoms with Crippen molar-refractivity contribution in [2.75, 3.05) is 20.4 Å². The van der Waals surface area contributed by atoms with Crippen LogP contribution in [0.3, 0.4) is 0 Å². The molecule has 0 spiro atoms. The molecule has 0 fully saturated rings. The van der Waals surface area contributed by atoms with Crippen LogP contribution in [0.15, 0.2) is 12.1 Å². The first kappa shape index (κ1) is 12.7. The zero-order valence-electron chi connectivity index (χ0n) is 11.1. The molecule has 1 heterocycles. The lowest BCUT2D eigenvalue weighted by molar-refractivity contribution is 0.174. The van der Waals surface area contributed by atoms with Crippen LogP contribution in [0.1, 0.15) is 18.1 Å². The molecule has 0 aliphatic carbocycles. The molecule has 0 aromatic heterocycles. The normalized spacial score (nSPS) is 14.6. The van der Waals surface area contributed by atoms with E-state index in [9.17, 15) is 0 Å². The van der Waals surface area contributed by atoms with E-state index < -0.39 is 0 Å². The minimum atomic E-state index is -0.0562. The number of fused-ring (bicyclic) bond motifs is 1. The molecule has 1 aliphatic rings. The van der Waals surface area contributed by atoms with E-state index in [4.69, 9.17) is 14.7 Å². The Morgan fingerprint density at radius 2 is 2.06 bits per heavy atom. The fraction of sp³-hybridized carbons (Fsp3) is 0.500. The van der Waals surface area contributed by atoms with Crippen molar-refractivity contribution in [3.63, 3.8) is 0 Å². The summed E-state index contributed by atoms with van der Waals surface area (Å²) in [6.07, 6.45) is 0.908. The van der Waals surface area contributed by atoms with Crippen molar-refractivity contribution in [1.82, 2.24) is 4.90 Å². The van der Waals surface area contributed by atoms with Crippen molar-refractivity contribution in [3.05, 3.63) is 23.3 Å². The zero-order valence-corrected chi connectivity index (χ0v) is 11.1. The maximum absolute atomic E-state index is 8.86. The molecule has 0 saturated carbocycles. The highest BCUT2D eigenvalue weighted by Gasteiger charge is 2.16. The van der Waals surface area contributed by atoms with Gasteiger partial charge in [-0.3, -0.25) is 4.90 Å². The van der Waals surface area contributed by atoms with Crippen LogP contribution >= 0.6 is 0 Å². The van der Waals surface area contributed by atoms with Crippen LogP contribution in [0.2, 0.25) is 0 Å². The van der Waals surface area contributed by atoms with Gasteiger partial charge in [-0.2, -0.15) is 5.26 Å². The molecule has 0 bridgehead atoms. The van der Waals surface area contributed by atoms with Gasteiger partial charge in [0, 0.05) is 6.54 Å². The van der Waals surface area contributed by atoms with E-state index in [2.05, 4.69) is 13.0 Å². The Morgan fingerprint density at radius 3 is 2.72 bits per heavy atom. The third-order valence-corrected chi connectivity index (χ3v) is 3.41. The van der Waals surface area contributed by atoms with Crippen molar-refractivity contribution < 1.29 is 9.47 Å². The van der Waals surface area contributed by atoms with E-state index in [1.807, 2.05) is 31.0 Å². The van der Waals surface area contributed by atoms with Crippen molar-refractivity contribution in [2.24, 2.45) is 0 Å². The SMILES string of the molecule is Cc1cc2c(cc1CCN(C)C(C)C#N)OCO2. The summed E-state index contributed by atoms with van der Waals surface area (Å²) in [7, 11) is 1.97. The quantitative estimate of drug-likeness (QED) is 0.816. The van der Waals surface area contributed by atoms with Crippen molar-refractivity contribution >= 4 is 0 Å². The molecule has 1 aromatic carbocycles. The molecular formula is C14H18N2O2. The monoisotopic (exact) mass is 246 g/mol. The topological polar surface area (TPSA) is 45.5 Å². The molecule has 2 rings (SSSR count). The molecular weight excluding hydrogens is 228 g/mol. The van der Waals surface area contributed by atoms with Crippen LogP contribution in [0.5, 0.6) is 11.5 Å². The van der Waals surface area contributed by atoms with Crippen LogP contribution in [-0.4, -0.2) is 31.3 Å². The predicted molar refractivity (Wildman–Crippen MR) is 68.7 cm³/mol. The van der Waals surface area contributed by atoms with Gasteiger partial charge in [0.15, 0.2) is 11.5 Å². The Labute approximate surface area is 108 Å². The number of benzene rings is 1. The van der Waals surface area contributed by atoms with E-state index in [1.165, 1.54) is 11.1 Å². The van der Waals surface area contributed by atoms with Gasteiger partial charge in [0.2, 0.25) is 6.79 Å². The highest BCUT2D eigenvalue weighted by atomic mass is 16.7. The zero-order chi connectivity index (χ0) is 13.1. The van der Waals surface area contributed by atoms with Crippen molar-refractivity contribution in [2.45, 2.75) is 26.3 Å². The number of nitriles is 1. The third kappa shape index (κ3) is 2.57. The highest BCUT2D eigenvalue weighted by molar-refractivity contribution is 5.48. The number of nitrogens with zero attached hydrogens (tertiary/aromatic N) is 2. The minimum absolute atomic E-state index is 0.0562. The Kier molecular flexibility index (Phi) is 3.73. The average Bonchev–Trinajstić information content (AvgIpc) is 2.81. The second-order valence-corrected chi connectivity index (χ2v) is 4.67. The van der Waals surface area contributed by atoms with Crippen LogP contribution in [0.4, 0.5) is 0 Å². The summed E-state index contributed by atoms with van der Waals surface area (Å²) in [5.41, 5.74) is 2.45. The number of hydrogen-bond acceptors (Lipinski definition) is 4. The van der Waals surface area contributed by atoms with Crippen LogP contribution < -0.4 is 9.47 Å². The summed E-state index contributed by atoms with van der Waals surface area (Å²) in [6, 6.07) is 6.25. The molecule has 0 saturated heterocycles. The molecule has 1 atom stereocenters. The molecule has 1 aromatic rings. The smallest absolute Gasteiger partial charge is 0.231 e. The summed E-state index contributed by atoms with van der Waals surface area (Å²) >= 11 is 0. The first-order chi connectivity index (χ1) is 8.61. The Hall–Kier alpha value is -1.73. The second-order valence-electron chi connectivity index (χ2n) is 4.67. The fourth-order valence-electron chi connectivity index (χ4n) is 1.94. The Morgan fingerprint density at radius 1 is 1.39 bits per heavy atom. The molecule has 4 heteroatoms. The van der Waals surface area contributed by atoms with Gasteiger partial charge >= 0.3 is 0 Å². The van der Waals surface area contributed by atoms with Gasteiger partial charge in [0.05, 0.1) is 12.1 Å². The maximum atomic E-state index is 8.86. The highest BCUT2D eigenvalue weighted by Crippen LogP contribution is 2.34. The minimum Gasteiger partial charge on any atom is -0.454 e. The molecule has 96 valence electrons. The first-order valence-corrected chi connectivity index (χ1v) is 6.11. The number of aryl methyl sites for hydroxylation is 1. The lowest BCUT2D eigenvalue weighted by Gasteiger charge is -2.19. The number of ether oxygens (including phenoxy) is 2. The standard InChI is InChI=1S/C14H18N2O2/c1-10-6-13-14(18-9-17-13)7-12(10)4-5-16(3)11(2)8-15/h6-7,11H,4-5,9H2,1-3H3.